The first-order valence-corrected chi connectivity index (χ1v) is 8.14. The molecule has 1 aromatic carbocycles. The van der Waals surface area contributed by atoms with E-state index in [4.69, 9.17) is 9.72 Å². The van der Waals surface area contributed by atoms with Crippen LogP contribution in [0, 0.1) is 0 Å². The number of aromatic amines is 1. The molecule has 1 aliphatic carbocycles. The minimum absolute atomic E-state index is 0.261. The Hall–Kier alpha value is -2.36. The van der Waals surface area contributed by atoms with E-state index in [2.05, 4.69) is 28.2 Å². The zero-order valence-electron chi connectivity index (χ0n) is 13.8. The van der Waals surface area contributed by atoms with Crippen molar-refractivity contribution in [1.29, 1.82) is 0 Å². The summed E-state index contributed by atoms with van der Waals surface area (Å²) in [6.07, 6.45) is 4.28. The van der Waals surface area contributed by atoms with Gasteiger partial charge >= 0.3 is 0 Å². The van der Waals surface area contributed by atoms with Crippen molar-refractivity contribution in [3.05, 3.63) is 42.4 Å². The van der Waals surface area contributed by atoms with Crippen molar-refractivity contribution in [1.82, 2.24) is 15.0 Å². The number of nitrogens with zero attached hydrogens (tertiary/aromatic N) is 2. The number of para-hydroxylation sites is 1. The van der Waals surface area contributed by atoms with Crippen LogP contribution < -0.4 is 4.74 Å². The second-order valence-electron chi connectivity index (χ2n) is 7.20. The normalized spacial score (nSPS) is 15.1. The number of fused-ring (bicyclic) bond motifs is 1. The minimum atomic E-state index is -0.261. The molecule has 2 aromatic heterocycles. The van der Waals surface area contributed by atoms with Crippen molar-refractivity contribution >= 4 is 11.0 Å². The molecule has 1 fully saturated rings. The highest BCUT2D eigenvalue weighted by Crippen LogP contribution is 2.40. The number of hydrogen-bond donors (Lipinski definition) is 1. The zero-order chi connectivity index (χ0) is 16.0. The molecule has 4 nitrogen and oxygen atoms in total. The molecule has 0 bridgehead atoms. The van der Waals surface area contributed by atoms with Crippen LogP contribution in [0.4, 0.5) is 0 Å². The largest absolute Gasteiger partial charge is 0.472 e. The third-order valence-electron chi connectivity index (χ3n) is 3.95. The lowest BCUT2D eigenvalue weighted by Gasteiger charge is -2.20. The summed E-state index contributed by atoms with van der Waals surface area (Å²) in [6, 6.07) is 10.3. The van der Waals surface area contributed by atoms with Crippen molar-refractivity contribution in [2.45, 2.75) is 45.1 Å². The standard InChI is InChI=1S/C19H21N3O/c1-19(2,3)23-16-11-13(9-10-20-16)14-5-4-6-15-17(14)22-18(21-15)12-7-8-12/h4-6,9-12H,7-8H2,1-3H3,(H,21,22). The predicted molar refractivity (Wildman–Crippen MR) is 91.7 cm³/mol. The molecule has 0 spiro atoms. The third-order valence-corrected chi connectivity index (χ3v) is 3.95. The summed E-state index contributed by atoms with van der Waals surface area (Å²) < 4.78 is 5.89. The van der Waals surface area contributed by atoms with E-state index < -0.39 is 0 Å². The van der Waals surface area contributed by atoms with Gasteiger partial charge in [-0.15, -0.1) is 0 Å². The zero-order valence-corrected chi connectivity index (χ0v) is 13.8. The molecule has 0 amide bonds. The van der Waals surface area contributed by atoms with Gasteiger partial charge in [0, 0.05) is 23.7 Å². The van der Waals surface area contributed by atoms with Crippen LogP contribution in [0.5, 0.6) is 5.88 Å². The summed E-state index contributed by atoms with van der Waals surface area (Å²) in [5, 5.41) is 0. The third kappa shape index (κ3) is 2.93. The summed E-state index contributed by atoms with van der Waals surface area (Å²) in [5.74, 6) is 2.38. The van der Waals surface area contributed by atoms with Gasteiger partial charge in [-0.3, -0.25) is 0 Å². The Kier molecular flexibility index (Phi) is 3.15. The molecule has 0 atom stereocenters. The van der Waals surface area contributed by atoms with E-state index in [0.29, 0.717) is 11.8 Å². The summed E-state index contributed by atoms with van der Waals surface area (Å²) in [5.41, 5.74) is 4.07. The number of hydrogen-bond acceptors (Lipinski definition) is 3. The number of rotatable bonds is 3. The molecule has 3 aromatic rings. The van der Waals surface area contributed by atoms with E-state index >= 15 is 0 Å². The smallest absolute Gasteiger partial charge is 0.214 e. The highest BCUT2D eigenvalue weighted by molar-refractivity contribution is 5.92. The molecule has 0 radical (unpaired) electrons. The molecule has 23 heavy (non-hydrogen) atoms. The van der Waals surface area contributed by atoms with Gasteiger partial charge in [-0.05, 0) is 51.3 Å². The maximum atomic E-state index is 5.89. The second kappa shape index (κ2) is 5.08. The predicted octanol–water partition coefficient (Wildman–Crippen LogP) is 4.68. The Bertz CT molecular complexity index is 856. The molecule has 0 saturated heterocycles. The summed E-state index contributed by atoms with van der Waals surface area (Å²) >= 11 is 0. The van der Waals surface area contributed by atoms with Crippen molar-refractivity contribution in [2.24, 2.45) is 0 Å². The fourth-order valence-corrected chi connectivity index (χ4v) is 2.78. The molecule has 4 rings (SSSR count). The van der Waals surface area contributed by atoms with Crippen LogP contribution in [0.3, 0.4) is 0 Å². The van der Waals surface area contributed by atoms with Gasteiger partial charge in [0.2, 0.25) is 5.88 Å². The summed E-state index contributed by atoms with van der Waals surface area (Å²) in [4.78, 5) is 12.6. The molecule has 1 aliphatic rings. The van der Waals surface area contributed by atoms with Crippen LogP contribution >= 0.6 is 0 Å². The Morgan fingerprint density at radius 2 is 2.00 bits per heavy atom. The highest BCUT2D eigenvalue weighted by atomic mass is 16.5. The quantitative estimate of drug-likeness (QED) is 0.764. The van der Waals surface area contributed by atoms with Crippen LogP contribution in [0.15, 0.2) is 36.5 Å². The number of nitrogens with one attached hydrogen (secondary N) is 1. The highest BCUT2D eigenvalue weighted by Gasteiger charge is 2.27. The van der Waals surface area contributed by atoms with Gasteiger partial charge < -0.3 is 9.72 Å². The Morgan fingerprint density at radius 3 is 2.74 bits per heavy atom. The average Bonchev–Trinajstić information content (AvgIpc) is 3.24. The molecular weight excluding hydrogens is 286 g/mol. The monoisotopic (exact) mass is 307 g/mol. The molecule has 4 heteroatoms. The maximum absolute atomic E-state index is 5.89. The number of aromatic nitrogens is 3. The molecular formula is C19H21N3O. The van der Waals surface area contributed by atoms with E-state index in [1.807, 2.05) is 32.9 Å². The number of benzene rings is 1. The van der Waals surface area contributed by atoms with Crippen LogP contribution in [0.1, 0.15) is 45.4 Å². The summed E-state index contributed by atoms with van der Waals surface area (Å²) in [7, 11) is 0. The first-order chi connectivity index (χ1) is 11.0. The first kappa shape index (κ1) is 14.2. The SMILES string of the molecule is CC(C)(C)Oc1cc(-c2cccc3[nH]c(C4CC4)nc23)ccn1. The Balaban J connectivity index is 1.78. The lowest BCUT2D eigenvalue weighted by molar-refractivity contribution is 0.124. The van der Waals surface area contributed by atoms with Crippen LogP contribution in [0.2, 0.25) is 0 Å². The lowest BCUT2D eigenvalue weighted by atomic mass is 10.1. The van der Waals surface area contributed by atoms with Gasteiger partial charge in [-0.1, -0.05) is 12.1 Å². The van der Waals surface area contributed by atoms with Gasteiger partial charge in [0.05, 0.1) is 11.0 Å². The molecule has 2 heterocycles. The van der Waals surface area contributed by atoms with Crippen LogP contribution in [0.25, 0.3) is 22.2 Å². The molecule has 1 N–H and O–H groups in total. The average molecular weight is 307 g/mol. The molecule has 118 valence electrons. The fraction of sp³-hybridized carbons (Fsp3) is 0.368. The van der Waals surface area contributed by atoms with Crippen LogP contribution in [-0.4, -0.2) is 20.6 Å². The van der Waals surface area contributed by atoms with Gasteiger partial charge in [0.25, 0.3) is 0 Å². The van der Waals surface area contributed by atoms with Crippen molar-refractivity contribution < 1.29 is 4.74 Å². The topological polar surface area (TPSA) is 50.8 Å². The summed E-state index contributed by atoms with van der Waals surface area (Å²) in [6.45, 7) is 6.08. The first-order valence-electron chi connectivity index (χ1n) is 8.14. The van der Waals surface area contributed by atoms with Crippen LogP contribution in [-0.2, 0) is 0 Å². The van der Waals surface area contributed by atoms with E-state index in [0.717, 1.165) is 28.0 Å². The van der Waals surface area contributed by atoms with Crippen molar-refractivity contribution in [3.8, 4) is 17.0 Å². The van der Waals surface area contributed by atoms with Crippen molar-refractivity contribution in [3.63, 3.8) is 0 Å². The Labute approximate surface area is 135 Å². The second-order valence-corrected chi connectivity index (χ2v) is 7.20. The lowest BCUT2D eigenvalue weighted by Crippen LogP contribution is -2.23. The number of imidazole rings is 1. The minimum Gasteiger partial charge on any atom is -0.472 e. The number of ether oxygens (including phenoxy) is 1. The van der Waals surface area contributed by atoms with Gasteiger partial charge in [0.15, 0.2) is 0 Å². The molecule has 0 aliphatic heterocycles. The molecule has 0 unspecified atom stereocenters. The number of pyridine rings is 1. The maximum Gasteiger partial charge on any atom is 0.214 e. The van der Waals surface area contributed by atoms with E-state index in [-0.39, 0.29) is 5.60 Å². The van der Waals surface area contributed by atoms with E-state index in [9.17, 15) is 0 Å². The molecule has 1 saturated carbocycles. The number of H-pyrrole nitrogens is 1. The van der Waals surface area contributed by atoms with Gasteiger partial charge in [-0.2, -0.15) is 0 Å². The fourth-order valence-electron chi connectivity index (χ4n) is 2.78. The van der Waals surface area contributed by atoms with Gasteiger partial charge in [0.1, 0.15) is 11.4 Å². The van der Waals surface area contributed by atoms with E-state index in [1.165, 1.54) is 12.8 Å². The Morgan fingerprint density at radius 1 is 1.17 bits per heavy atom. The van der Waals surface area contributed by atoms with E-state index in [1.54, 1.807) is 6.20 Å². The van der Waals surface area contributed by atoms with Crippen molar-refractivity contribution in [2.75, 3.05) is 0 Å². The van der Waals surface area contributed by atoms with Gasteiger partial charge in [-0.25, -0.2) is 9.97 Å².